The van der Waals surface area contributed by atoms with E-state index in [0.29, 0.717) is 6.10 Å². The summed E-state index contributed by atoms with van der Waals surface area (Å²) in [5.74, 6) is 0.944. The van der Waals surface area contributed by atoms with Crippen LogP contribution in [-0.2, 0) is 9.47 Å². The maximum absolute atomic E-state index is 5.96. The molecule has 0 amide bonds. The van der Waals surface area contributed by atoms with E-state index in [0.717, 1.165) is 51.5 Å². The standard InChI is InChI=1S/C15H21NO3/c1-3-13(19-14-5-8-17-9-6-14)4-2-12(1)15-11-16-7-10-18-15/h1-4,14-16H,5-11H2. The third-order valence-electron chi connectivity index (χ3n) is 3.65. The van der Waals surface area contributed by atoms with Gasteiger partial charge in [0.1, 0.15) is 11.9 Å². The summed E-state index contributed by atoms with van der Waals surface area (Å²) >= 11 is 0. The van der Waals surface area contributed by atoms with Gasteiger partial charge in [0.25, 0.3) is 0 Å². The normalized spacial score (nSPS) is 25.2. The van der Waals surface area contributed by atoms with Crippen LogP contribution in [0.3, 0.4) is 0 Å². The molecule has 0 aromatic heterocycles. The van der Waals surface area contributed by atoms with Crippen molar-refractivity contribution in [2.75, 3.05) is 32.9 Å². The van der Waals surface area contributed by atoms with Crippen LogP contribution in [0.1, 0.15) is 24.5 Å². The Morgan fingerprint density at radius 2 is 1.84 bits per heavy atom. The third kappa shape index (κ3) is 3.47. The lowest BCUT2D eigenvalue weighted by molar-refractivity contribution is 0.0247. The molecule has 3 rings (SSSR count). The molecule has 1 aromatic carbocycles. The molecule has 19 heavy (non-hydrogen) atoms. The molecule has 4 heteroatoms. The first-order valence-corrected chi connectivity index (χ1v) is 7.08. The predicted octanol–water partition coefficient (Wildman–Crippen LogP) is 1.91. The average molecular weight is 263 g/mol. The fourth-order valence-electron chi connectivity index (χ4n) is 2.53. The Balaban J connectivity index is 1.58. The van der Waals surface area contributed by atoms with Crippen molar-refractivity contribution in [1.29, 1.82) is 0 Å². The molecule has 2 aliphatic heterocycles. The molecule has 0 radical (unpaired) electrons. The Morgan fingerprint density at radius 1 is 1.05 bits per heavy atom. The zero-order valence-electron chi connectivity index (χ0n) is 11.1. The van der Waals surface area contributed by atoms with Gasteiger partial charge in [0.05, 0.1) is 25.9 Å². The number of rotatable bonds is 3. The molecule has 0 spiro atoms. The van der Waals surface area contributed by atoms with Crippen molar-refractivity contribution < 1.29 is 14.2 Å². The van der Waals surface area contributed by atoms with Gasteiger partial charge in [-0.3, -0.25) is 0 Å². The number of morpholine rings is 1. The van der Waals surface area contributed by atoms with E-state index < -0.39 is 0 Å². The van der Waals surface area contributed by atoms with Gasteiger partial charge in [-0.25, -0.2) is 0 Å². The molecule has 0 bridgehead atoms. The van der Waals surface area contributed by atoms with Gasteiger partial charge in [-0.05, 0) is 17.7 Å². The number of benzene rings is 1. The first-order valence-electron chi connectivity index (χ1n) is 7.08. The van der Waals surface area contributed by atoms with Crippen molar-refractivity contribution in [3.63, 3.8) is 0 Å². The van der Waals surface area contributed by atoms with Crippen LogP contribution in [0, 0.1) is 0 Å². The fraction of sp³-hybridized carbons (Fsp3) is 0.600. The van der Waals surface area contributed by atoms with E-state index in [9.17, 15) is 0 Å². The minimum absolute atomic E-state index is 0.172. The van der Waals surface area contributed by atoms with E-state index >= 15 is 0 Å². The Hall–Kier alpha value is -1.10. The first-order chi connectivity index (χ1) is 9.42. The minimum Gasteiger partial charge on any atom is -0.490 e. The van der Waals surface area contributed by atoms with E-state index in [1.54, 1.807) is 0 Å². The smallest absolute Gasteiger partial charge is 0.119 e. The second-order valence-corrected chi connectivity index (χ2v) is 5.06. The lowest BCUT2D eigenvalue weighted by Crippen LogP contribution is -2.33. The summed E-state index contributed by atoms with van der Waals surface area (Å²) in [5.41, 5.74) is 1.21. The highest BCUT2D eigenvalue weighted by molar-refractivity contribution is 5.29. The summed E-state index contributed by atoms with van der Waals surface area (Å²) in [6, 6.07) is 8.30. The van der Waals surface area contributed by atoms with Gasteiger partial charge in [-0.15, -0.1) is 0 Å². The van der Waals surface area contributed by atoms with E-state index in [2.05, 4.69) is 17.4 Å². The molecule has 2 fully saturated rings. The Morgan fingerprint density at radius 3 is 2.53 bits per heavy atom. The molecule has 1 atom stereocenters. The summed E-state index contributed by atoms with van der Waals surface area (Å²) in [4.78, 5) is 0. The van der Waals surface area contributed by atoms with Crippen LogP contribution in [0.2, 0.25) is 0 Å². The average Bonchev–Trinajstić information content (AvgIpc) is 2.50. The molecular formula is C15H21NO3. The lowest BCUT2D eigenvalue weighted by atomic mass is 10.1. The van der Waals surface area contributed by atoms with Gasteiger partial charge in [0.15, 0.2) is 0 Å². The topological polar surface area (TPSA) is 39.7 Å². The van der Waals surface area contributed by atoms with Crippen LogP contribution in [0.4, 0.5) is 0 Å². The summed E-state index contributed by atoms with van der Waals surface area (Å²) < 4.78 is 17.0. The van der Waals surface area contributed by atoms with Gasteiger partial charge >= 0.3 is 0 Å². The predicted molar refractivity (Wildman–Crippen MR) is 72.5 cm³/mol. The second kappa shape index (κ2) is 6.37. The molecule has 104 valence electrons. The van der Waals surface area contributed by atoms with Crippen molar-refractivity contribution in [1.82, 2.24) is 5.32 Å². The number of hydrogen-bond donors (Lipinski definition) is 1. The molecule has 1 unspecified atom stereocenters. The van der Waals surface area contributed by atoms with Gasteiger partial charge in [-0.1, -0.05) is 12.1 Å². The van der Waals surface area contributed by atoms with E-state index in [1.165, 1.54) is 5.56 Å². The van der Waals surface area contributed by atoms with E-state index in [-0.39, 0.29) is 6.10 Å². The summed E-state index contributed by atoms with van der Waals surface area (Å²) in [5, 5.41) is 3.34. The van der Waals surface area contributed by atoms with Crippen molar-refractivity contribution >= 4 is 0 Å². The molecule has 0 aliphatic carbocycles. The van der Waals surface area contributed by atoms with E-state index in [1.807, 2.05) is 12.1 Å². The SMILES string of the molecule is c1cc(C2CNCCO2)ccc1OC1CCOCC1. The highest BCUT2D eigenvalue weighted by Crippen LogP contribution is 2.23. The largest absolute Gasteiger partial charge is 0.490 e. The van der Waals surface area contributed by atoms with E-state index in [4.69, 9.17) is 14.2 Å². The number of nitrogens with one attached hydrogen (secondary N) is 1. The van der Waals surface area contributed by atoms with Crippen LogP contribution in [0.25, 0.3) is 0 Å². The van der Waals surface area contributed by atoms with Gasteiger partial charge < -0.3 is 19.5 Å². The van der Waals surface area contributed by atoms with Crippen LogP contribution in [0.15, 0.2) is 24.3 Å². The number of ether oxygens (including phenoxy) is 3. The fourth-order valence-corrected chi connectivity index (χ4v) is 2.53. The highest BCUT2D eigenvalue weighted by Gasteiger charge is 2.17. The van der Waals surface area contributed by atoms with Crippen molar-refractivity contribution in [2.24, 2.45) is 0 Å². The Labute approximate surface area is 114 Å². The van der Waals surface area contributed by atoms with Crippen LogP contribution in [-0.4, -0.2) is 39.0 Å². The van der Waals surface area contributed by atoms with Crippen LogP contribution < -0.4 is 10.1 Å². The quantitative estimate of drug-likeness (QED) is 0.904. The zero-order chi connectivity index (χ0) is 12.9. The molecular weight excluding hydrogens is 242 g/mol. The molecule has 4 nitrogen and oxygen atoms in total. The second-order valence-electron chi connectivity index (χ2n) is 5.06. The Kier molecular flexibility index (Phi) is 4.33. The zero-order valence-corrected chi connectivity index (χ0v) is 11.1. The van der Waals surface area contributed by atoms with Crippen LogP contribution >= 0.6 is 0 Å². The first kappa shape index (κ1) is 12.9. The minimum atomic E-state index is 0.172. The lowest BCUT2D eigenvalue weighted by Gasteiger charge is -2.25. The van der Waals surface area contributed by atoms with Gasteiger partial charge in [-0.2, -0.15) is 0 Å². The third-order valence-corrected chi connectivity index (χ3v) is 3.65. The van der Waals surface area contributed by atoms with Gasteiger partial charge in [0.2, 0.25) is 0 Å². The van der Waals surface area contributed by atoms with Gasteiger partial charge in [0, 0.05) is 25.9 Å². The van der Waals surface area contributed by atoms with Crippen LogP contribution in [0.5, 0.6) is 5.75 Å². The van der Waals surface area contributed by atoms with Crippen molar-refractivity contribution in [3.05, 3.63) is 29.8 Å². The molecule has 1 N–H and O–H groups in total. The Bertz CT molecular complexity index is 381. The van der Waals surface area contributed by atoms with Crippen molar-refractivity contribution in [2.45, 2.75) is 25.0 Å². The summed E-state index contributed by atoms with van der Waals surface area (Å²) in [6.07, 6.45) is 2.44. The molecule has 1 aromatic rings. The van der Waals surface area contributed by atoms with Crippen molar-refractivity contribution in [3.8, 4) is 5.75 Å². The molecule has 2 aliphatic rings. The maximum Gasteiger partial charge on any atom is 0.119 e. The summed E-state index contributed by atoms with van der Waals surface area (Å²) in [6.45, 7) is 4.24. The number of hydrogen-bond acceptors (Lipinski definition) is 4. The maximum atomic E-state index is 5.96. The molecule has 2 heterocycles. The molecule has 2 saturated heterocycles. The monoisotopic (exact) mass is 263 g/mol. The summed E-state index contributed by atoms with van der Waals surface area (Å²) in [7, 11) is 0. The molecule has 0 saturated carbocycles. The highest BCUT2D eigenvalue weighted by atomic mass is 16.5.